The van der Waals surface area contributed by atoms with E-state index in [1.807, 2.05) is 62.4 Å². The van der Waals surface area contributed by atoms with Crippen molar-refractivity contribution in [2.45, 2.75) is 26.1 Å². The number of phenols is 1. The van der Waals surface area contributed by atoms with Crippen LogP contribution >= 0.6 is 7.14 Å². The summed E-state index contributed by atoms with van der Waals surface area (Å²) in [5.74, 6) is 1.11. The van der Waals surface area contributed by atoms with E-state index in [0.717, 1.165) is 0 Å². The molecule has 2 atom stereocenters. The molecule has 0 saturated carbocycles. The minimum atomic E-state index is -3.48. The zero-order chi connectivity index (χ0) is 25.4. The van der Waals surface area contributed by atoms with Gasteiger partial charge in [0.15, 0.2) is 7.14 Å². The Morgan fingerprint density at radius 1 is 0.694 bits per heavy atom. The first-order valence-corrected chi connectivity index (χ1v) is 13.8. The number of fused-ring (bicyclic) bond motifs is 2. The Balaban J connectivity index is 1.82. The molecule has 7 nitrogen and oxygen atoms in total. The molecule has 0 spiro atoms. The quantitative estimate of drug-likeness (QED) is 0.499. The van der Waals surface area contributed by atoms with Gasteiger partial charge in [0.2, 0.25) is 0 Å². The summed E-state index contributed by atoms with van der Waals surface area (Å²) in [6, 6.07) is 21.1. The fourth-order valence-corrected chi connectivity index (χ4v) is 6.85. The second-order valence-electron chi connectivity index (χ2n) is 8.66. The molecule has 1 aliphatic rings. The van der Waals surface area contributed by atoms with E-state index in [-0.39, 0.29) is 31.2 Å². The van der Waals surface area contributed by atoms with Gasteiger partial charge in [-0.25, -0.2) is 0 Å². The summed E-state index contributed by atoms with van der Waals surface area (Å²) in [6.07, 6.45) is -0.388. The normalized spacial score (nSPS) is 21.5. The maximum absolute atomic E-state index is 15.2. The molecule has 0 amide bonds. The van der Waals surface area contributed by atoms with Crippen LogP contribution in [0.4, 0.5) is 0 Å². The van der Waals surface area contributed by atoms with E-state index in [4.69, 9.17) is 23.7 Å². The van der Waals surface area contributed by atoms with Gasteiger partial charge in [0.05, 0.1) is 49.2 Å². The van der Waals surface area contributed by atoms with Crippen molar-refractivity contribution in [3.63, 3.8) is 0 Å². The smallest absolute Gasteiger partial charge is 0.178 e. The van der Waals surface area contributed by atoms with Gasteiger partial charge in [-0.3, -0.25) is 0 Å². The molecule has 36 heavy (non-hydrogen) atoms. The van der Waals surface area contributed by atoms with Crippen molar-refractivity contribution < 1.29 is 33.4 Å². The summed E-state index contributed by atoms with van der Waals surface area (Å²) >= 11 is 0. The number of phenolic OH excluding ortho intramolecular Hbond substituents is 1. The number of aromatic hydroxyl groups is 1. The molecule has 8 heteroatoms. The average molecular weight is 513 g/mol. The third-order valence-electron chi connectivity index (χ3n) is 5.83. The van der Waals surface area contributed by atoms with Gasteiger partial charge in [0, 0.05) is 5.30 Å². The molecule has 0 fully saturated rings. The Morgan fingerprint density at radius 2 is 1.17 bits per heavy atom. The van der Waals surface area contributed by atoms with E-state index < -0.39 is 7.14 Å². The summed E-state index contributed by atoms with van der Waals surface area (Å²) in [5, 5.41) is 11.6. The molecule has 192 valence electrons. The van der Waals surface area contributed by atoms with Crippen LogP contribution in [0.2, 0.25) is 0 Å². The lowest BCUT2D eigenvalue weighted by molar-refractivity contribution is -0.0334. The number of hydrogen-bond acceptors (Lipinski definition) is 7. The Bertz CT molecular complexity index is 1100. The van der Waals surface area contributed by atoms with Gasteiger partial charge in [-0.05, 0) is 62.4 Å². The van der Waals surface area contributed by atoms with Crippen LogP contribution in [0.1, 0.15) is 13.8 Å². The summed E-state index contributed by atoms with van der Waals surface area (Å²) in [4.78, 5) is 0. The number of rotatable bonds is 1. The molecule has 1 aliphatic heterocycles. The Morgan fingerprint density at radius 3 is 1.67 bits per heavy atom. The maximum atomic E-state index is 15.2. The van der Waals surface area contributed by atoms with Crippen molar-refractivity contribution in [1.82, 2.24) is 0 Å². The number of hydrogen-bond donors (Lipinski definition) is 1. The molecule has 0 bridgehead atoms. The SMILES string of the molecule is C[C@H]1COc2ccccc2P(=O)(c2ccc(O)cc2)c2ccccc2OC[C@H](C)OCCOCCO1. The molecule has 1 heterocycles. The average Bonchev–Trinajstić information content (AvgIpc) is 2.90. The van der Waals surface area contributed by atoms with Crippen molar-refractivity contribution in [2.24, 2.45) is 0 Å². The van der Waals surface area contributed by atoms with Crippen molar-refractivity contribution in [3.8, 4) is 17.2 Å². The molecule has 1 N–H and O–H groups in total. The molecular weight excluding hydrogens is 479 g/mol. The highest BCUT2D eigenvalue weighted by atomic mass is 31.2. The van der Waals surface area contributed by atoms with E-state index in [1.165, 1.54) is 0 Å². The Hall–Kier alpha value is -2.83. The van der Waals surface area contributed by atoms with Gasteiger partial charge >= 0.3 is 0 Å². The monoisotopic (exact) mass is 512 g/mol. The zero-order valence-corrected chi connectivity index (χ0v) is 21.6. The van der Waals surface area contributed by atoms with Crippen LogP contribution in [0.25, 0.3) is 0 Å². The predicted molar refractivity (Wildman–Crippen MR) is 140 cm³/mol. The summed E-state index contributed by atoms with van der Waals surface area (Å²) in [7, 11) is -3.48. The van der Waals surface area contributed by atoms with Gasteiger partial charge in [-0.1, -0.05) is 24.3 Å². The molecule has 3 aromatic rings. The van der Waals surface area contributed by atoms with Crippen molar-refractivity contribution >= 4 is 23.1 Å². The van der Waals surface area contributed by atoms with Crippen molar-refractivity contribution in [2.75, 3.05) is 39.6 Å². The van der Waals surface area contributed by atoms with Gasteiger partial charge < -0.3 is 33.4 Å². The molecule has 3 aromatic carbocycles. The van der Waals surface area contributed by atoms with Crippen LogP contribution in [0.5, 0.6) is 17.2 Å². The van der Waals surface area contributed by atoms with Gasteiger partial charge in [-0.15, -0.1) is 0 Å². The van der Waals surface area contributed by atoms with Crippen LogP contribution in [-0.2, 0) is 18.8 Å². The Kier molecular flexibility index (Phi) is 9.05. The van der Waals surface area contributed by atoms with E-state index >= 15 is 4.57 Å². The van der Waals surface area contributed by atoms with Gasteiger partial charge in [0.25, 0.3) is 0 Å². The van der Waals surface area contributed by atoms with Crippen LogP contribution in [0.15, 0.2) is 72.8 Å². The Labute approximate surface area is 212 Å². The molecule has 0 saturated heterocycles. The van der Waals surface area contributed by atoms with E-state index in [2.05, 4.69) is 0 Å². The number of benzene rings is 3. The van der Waals surface area contributed by atoms with Crippen LogP contribution < -0.4 is 25.4 Å². The molecule has 4 rings (SSSR count). The summed E-state index contributed by atoms with van der Waals surface area (Å²) in [5.41, 5.74) is 0. The third-order valence-corrected chi connectivity index (χ3v) is 8.95. The minimum absolute atomic E-state index is 0.0988. The second-order valence-corrected chi connectivity index (χ2v) is 11.4. The topological polar surface area (TPSA) is 83.5 Å². The highest BCUT2D eigenvalue weighted by Gasteiger charge is 2.35. The largest absolute Gasteiger partial charge is 0.508 e. The number of para-hydroxylation sites is 2. The summed E-state index contributed by atoms with van der Waals surface area (Å²) < 4.78 is 44.8. The number of ether oxygens (including phenoxy) is 5. The third kappa shape index (κ3) is 6.29. The second kappa shape index (κ2) is 12.4. The van der Waals surface area contributed by atoms with Crippen molar-refractivity contribution in [3.05, 3.63) is 72.8 Å². The summed E-state index contributed by atoms with van der Waals surface area (Å²) in [6.45, 7) is 6.20. The predicted octanol–water partition coefficient (Wildman–Crippen LogP) is 3.63. The van der Waals surface area contributed by atoms with E-state index in [1.54, 1.807) is 24.3 Å². The van der Waals surface area contributed by atoms with Crippen molar-refractivity contribution in [1.29, 1.82) is 0 Å². The maximum Gasteiger partial charge on any atom is 0.178 e. The lowest BCUT2D eigenvalue weighted by Crippen LogP contribution is -2.30. The zero-order valence-electron chi connectivity index (χ0n) is 20.7. The van der Waals surface area contributed by atoms with E-state index in [0.29, 0.717) is 53.8 Å². The molecule has 0 unspecified atom stereocenters. The highest BCUT2D eigenvalue weighted by Crippen LogP contribution is 2.47. The highest BCUT2D eigenvalue weighted by molar-refractivity contribution is 7.85. The molecular formula is C28H33O7P. The molecule has 0 aromatic heterocycles. The molecule has 0 radical (unpaired) electrons. The van der Waals surface area contributed by atoms with Gasteiger partial charge in [-0.2, -0.15) is 0 Å². The fourth-order valence-electron chi connectivity index (χ4n) is 3.98. The van der Waals surface area contributed by atoms with Crippen LogP contribution in [-0.4, -0.2) is 57.0 Å². The van der Waals surface area contributed by atoms with Crippen LogP contribution in [0, 0.1) is 0 Å². The first-order chi connectivity index (χ1) is 17.5. The van der Waals surface area contributed by atoms with Gasteiger partial charge in [0.1, 0.15) is 30.5 Å². The standard InChI is InChI=1S/C28H33O7P/c1-21-19-34-25-7-3-5-9-27(25)36(30,24-13-11-23(29)12-14-24)28-10-6-4-8-26(28)35-20-22(2)33-18-16-31-15-17-32-21/h3-14,21-22,29H,15-20H2,1-2H3/t21-,22-/m0/s1. The lowest BCUT2D eigenvalue weighted by Gasteiger charge is -2.26. The fraction of sp³-hybridized carbons (Fsp3) is 0.357. The lowest BCUT2D eigenvalue weighted by atomic mass is 10.3. The van der Waals surface area contributed by atoms with E-state index in [9.17, 15) is 5.11 Å². The first-order valence-electron chi connectivity index (χ1n) is 12.1. The minimum Gasteiger partial charge on any atom is -0.508 e. The first kappa shape index (κ1) is 26.2. The molecule has 0 aliphatic carbocycles. The van der Waals surface area contributed by atoms with Crippen LogP contribution in [0.3, 0.4) is 0 Å².